The normalized spacial score (nSPS) is 16.6. The number of aldehydes is 1. The molecule has 2 N–H and O–H groups in total. The Bertz CT molecular complexity index is 1080. The van der Waals surface area contributed by atoms with E-state index in [0.717, 1.165) is 67.2 Å². The molecule has 0 bridgehead atoms. The fraction of sp³-hybridized carbons (Fsp3) is 0.407. The number of benzene rings is 2. The first kappa shape index (κ1) is 24.9. The first-order valence-electron chi connectivity index (χ1n) is 12.1. The Kier molecular flexibility index (Phi) is 8.15. The maximum Gasteiger partial charge on any atom is 0.242 e. The molecule has 0 aromatic heterocycles. The Morgan fingerprint density at radius 2 is 2.06 bits per heavy atom. The minimum Gasteiger partial charge on any atom is -0.381 e. The van der Waals surface area contributed by atoms with Gasteiger partial charge in [0.2, 0.25) is 5.91 Å². The number of rotatable bonds is 10. The van der Waals surface area contributed by atoms with Gasteiger partial charge in [-0.15, -0.1) is 0 Å². The molecule has 2 aliphatic rings. The Labute approximate surface area is 205 Å². The quantitative estimate of drug-likeness (QED) is 0.509. The van der Waals surface area contributed by atoms with Gasteiger partial charge >= 0.3 is 0 Å². The fourth-order valence-corrected chi connectivity index (χ4v) is 4.80. The van der Waals surface area contributed by atoms with Gasteiger partial charge in [-0.3, -0.25) is 9.69 Å². The van der Waals surface area contributed by atoms with Gasteiger partial charge in [-0.05, 0) is 30.2 Å². The molecule has 1 unspecified atom stereocenters. The SMILES string of the molecule is C=C1c2cccc(NCc3cc(CN4CCOCC4)ccc3F)c2CN1C(CCC=O)C(=O)NC. The van der Waals surface area contributed by atoms with E-state index in [1.165, 1.54) is 6.07 Å². The molecule has 2 aliphatic heterocycles. The van der Waals surface area contributed by atoms with Crippen LogP contribution in [0.3, 0.4) is 0 Å². The molecule has 2 aromatic carbocycles. The highest BCUT2D eigenvalue weighted by atomic mass is 19.1. The standard InChI is InChI=1S/C27H33FN4O3/c1-19-22-5-3-6-25(23(22)18-32(19)26(7-4-12-33)27(34)29-2)30-16-21-15-20(8-9-24(21)28)17-31-10-13-35-14-11-31/h3,5-6,8-9,12,15,26,30H,1,4,7,10-11,13-14,16-18H2,2H3,(H,29,34). The van der Waals surface area contributed by atoms with Gasteiger partial charge in [0.15, 0.2) is 0 Å². The molecule has 4 rings (SSSR count). The van der Waals surface area contributed by atoms with Gasteiger partial charge in [0, 0.05) is 74.3 Å². The van der Waals surface area contributed by atoms with Crippen molar-refractivity contribution in [3.8, 4) is 0 Å². The third-order valence-electron chi connectivity index (χ3n) is 6.73. The lowest BCUT2D eigenvalue weighted by molar-refractivity contribution is -0.125. The third-order valence-corrected chi connectivity index (χ3v) is 6.73. The lowest BCUT2D eigenvalue weighted by atomic mass is 10.1. The van der Waals surface area contributed by atoms with E-state index >= 15 is 0 Å². The zero-order chi connectivity index (χ0) is 24.8. The number of carbonyl (C=O) groups is 2. The number of morpholine rings is 1. The summed E-state index contributed by atoms with van der Waals surface area (Å²) < 4.78 is 20.0. The van der Waals surface area contributed by atoms with Crippen LogP contribution in [0, 0.1) is 5.82 Å². The second kappa shape index (κ2) is 11.5. The zero-order valence-electron chi connectivity index (χ0n) is 20.2. The van der Waals surface area contributed by atoms with Gasteiger partial charge in [0.25, 0.3) is 0 Å². The highest BCUT2D eigenvalue weighted by Crippen LogP contribution is 2.38. The minimum atomic E-state index is -0.479. The Morgan fingerprint density at radius 3 is 2.80 bits per heavy atom. The molecule has 1 atom stereocenters. The number of carbonyl (C=O) groups excluding carboxylic acids is 2. The van der Waals surface area contributed by atoms with Crippen molar-refractivity contribution in [2.45, 2.75) is 38.5 Å². The number of hydrogen-bond donors (Lipinski definition) is 2. The molecule has 1 amide bonds. The van der Waals surface area contributed by atoms with Crippen molar-refractivity contribution in [3.63, 3.8) is 0 Å². The van der Waals surface area contributed by atoms with Crippen molar-refractivity contribution in [2.24, 2.45) is 0 Å². The van der Waals surface area contributed by atoms with Crippen molar-refractivity contribution in [2.75, 3.05) is 38.7 Å². The van der Waals surface area contributed by atoms with Crippen LogP contribution in [0.15, 0.2) is 43.0 Å². The van der Waals surface area contributed by atoms with E-state index in [9.17, 15) is 14.0 Å². The number of likely N-dealkylation sites (N-methyl/N-ethyl adjacent to an activating group) is 1. The summed E-state index contributed by atoms with van der Waals surface area (Å²) in [5, 5.41) is 6.10. The second-order valence-electron chi connectivity index (χ2n) is 8.95. The molecule has 35 heavy (non-hydrogen) atoms. The predicted octanol–water partition coefficient (Wildman–Crippen LogP) is 3.15. The zero-order valence-corrected chi connectivity index (χ0v) is 20.2. The Balaban J connectivity index is 1.48. The number of nitrogens with one attached hydrogen (secondary N) is 2. The molecule has 186 valence electrons. The van der Waals surface area contributed by atoms with Gasteiger partial charge in [-0.1, -0.05) is 24.8 Å². The number of nitrogens with zero attached hydrogens (tertiary/aromatic N) is 2. The van der Waals surface area contributed by atoms with Crippen molar-refractivity contribution in [1.29, 1.82) is 0 Å². The van der Waals surface area contributed by atoms with Crippen LogP contribution < -0.4 is 10.6 Å². The lowest BCUT2D eigenvalue weighted by Crippen LogP contribution is -2.43. The summed E-state index contributed by atoms with van der Waals surface area (Å²) in [5.74, 6) is -0.384. The van der Waals surface area contributed by atoms with Crippen LogP contribution in [0.2, 0.25) is 0 Å². The van der Waals surface area contributed by atoms with E-state index in [0.29, 0.717) is 31.5 Å². The van der Waals surface area contributed by atoms with Gasteiger partial charge in [0.05, 0.1) is 13.2 Å². The molecular formula is C27H33FN4O3. The number of hydrogen-bond acceptors (Lipinski definition) is 6. The minimum absolute atomic E-state index is 0.144. The first-order chi connectivity index (χ1) is 17.0. The van der Waals surface area contributed by atoms with Gasteiger partial charge in [0.1, 0.15) is 18.1 Å². The van der Waals surface area contributed by atoms with E-state index in [1.807, 2.05) is 35.2 Å². The smallest absolute Gasteiger partial charge is 0.242 e. The summed E-state index contributed by atoms with van der Waals surface area (Å²) in [6.07, 6.45) is 1.54. The number of amides is 1. The van der Waals surface area contributed by atoms with Gasteiger partial charge in [-0.2, -0.15) is 0 Å². The first-order valence-corrected chi connectivity index (χ1v) is 12.1. The van der Waals surface area contributed by atoms with E-state index in [4.69, 9.17) is 4.74 Å². The molecule has 0 radical (unpaired) electrons. The number of fused-ring (bicyclic) bond motifs is 1. The summed E-state index contributed by atoms with van der Waals surface area (Å²) >= 11 is 0. The highest BCUT2D eigenvalue weighted by Gasteiger charge is 2.33. The van der Waals surface area contributed by atoms with Crippen molar-refractivity contribution < 1.29 is 18.7 Å². The van der Waals surface area contributed by atoms with Crippen LogP contribution in [-0.4, -0.2) is 61.4 Å². The van der Waals surface area contributed by atoms with Crippen LogP contribution in [0.4, 0.5) is 10.1 Å². The number of halogens is 1. The van der Waals surface area contributed by atoms with E-state index < -0.39 is 6.04 Å². The molecule has 1 fully saturated rings. The molecule has 0 aliphatic carbocycles. The van der Waals surface area contributed by atoms with Crippen LogP contribution in [0.5, 0.6) is 0 Å². The van der Waals surface area contributed by atoms with Crippen molar-refractivity contribution >= 4 is 23.6 Å². The molecule has 0 saturated carbocycles. The summed E-state index contributed by atoms with van der Waals surface area (Å²) in [5.41, 5.74) is 5.29. The second-order valence-corrected chi connectivity index (χ2v) is 8.95. The van der Waals surface area contributed by atoms with Crippen molar-refractivity contribution in [1.82, 2.24) is 15.1 Å². The molecule has 2 heterocycles. The summed E-state index contributed by atoms with van der Waals surface area (Å²) in [6.45, 7) is 9.05. The molecule has 8 heteroatoms. The van der Waals surface area contributed by atoms with Crippen LogP contribution in [0.1, 0.15) is 35.1 Å². The molecule has 7 nitrogen and oxygen atoms in total. The van der Waals surface area contributed by atoms with Crippen LogP contribution in [0.25, 0.3) is 5.70 Å². The maximum absolute atomic E-state index is 14.6. The van der Waals surface area contributed by atoms with Crippen molar-refractivity contribution in [3.05, 3.63) is 71.0 Å². The number of anilines is 1. The predicted molar refractivity (Wildman–Crippen MR) is 134 cm³/mol. The topological polar surface area (TPSA) is 73.9 Å². The van der Waals surface area contributed by atoms with Crippen LogP contribution in [-0.2, 0) is 34.0 Å². The van der Waals surface area contributed by atoms with E-state index in [1.54, 1.807) is 7.05 Å². The summed E-state index contributed by atoms with van der Waals surface area (Å²) in [6, 6.07) is 10.7. The van der Waals surface area contributed by atoms with Gasteiger partial charge < -0.3 is 25.1 Å². The van der Waals surface area contributed by atoms with E-state index in [-0.39, 0.29) is 11.7 Å². The van der Waals surface area contributed by atoms with Gasteiger partial charge in [-0.25, -0.2) is 4.39 Å². The summed E-state index contributed by atoms with van der Waals surface area (Å²) in [7, 11) is 1.59. The highest BCUT2D eigenvalue weighted by molar-refractivity contribution is 5.85. The molecular weight excluding hydrogens is 447 g/mol. The molecule has 0 spiro atoms. The lowest BCUT2D eigenvalue weighted by Gasteiger charge is -2.28. The third kappa shape index (κ3) is 5.71. The molecule has 2 aromatic rings. The average Bonchev–Trinajstić information content (AvgIpc) is 3.21. The molecule has 1 saturated heterocycles. The Morgan fingerprint density at radius 1 is 1.26 bits per heavy atom. The largest absolute Gasteiger partial charge is 0.381 e. The van der Waals surface area contributed by atoms with Crippen LogP contribution >= 0.6 is 0 Å². The summed E-state index contributed by atoms with van der Waals surface area (Å²) in [4.78, 5) is 27.7. The monoisotopic (exact) mass is 480 g/mol. The Hall–Kier alpha value is -3.23. The van der Waals surface area contributed by atoms with E-state index in [2.05, 4.69) is 22.1 Å². The maximum atomic E-state index is 14.6. The number of ether oxygens (including phenoxy) is 1. The average molecular weight is 481 g/mol. The fourth-order valence-electron chi connectivity index (χ4n) is 4.80.